The van der Waals surface area contributed by atoms with Gasteiger partial charge in [0.1, 0.15) is 41.8 Å². The Morgan fingerprint density at radius 3 is 1.81 bits per heavy atom. The van der Waals surface area contributed by atoms with Gasteiger partial charge in [-0.05, 0) is 51.3 Å². The second-order valence-corrected chi connectivity index (χ2v) is 7.10. The van der Waals surface area contributed by atoms with Crippen molar-refractivity contribution in [1.29, 1.82) is 10.5 Å². The number of aldehydes is 1. The number of nitrogens with two attached hydrogens (primary N) is 1. The van der Waals surface area contributed by atoms with Crippen LogP contribution in [-0.4, -0.2) is 43.0 Å². The molecule has 10 nitrogen and oxygen atoms in total. The van der Waals surface area contributed by atoms with E-state index in [9.17, 15) is 0 Å². The molecule has 0 saturated carbocycles. The molecule has 4 rings (SSSR count). The van der Waals surface area contributed by atoms with E-state index in [4.69, 9.17) is 15.3 Å². The van der Waals surface area contributed by atoms with E-state index in [1.54, 1.807) is 55.0 Å². The number of H-pyrrole nitrogens is 1. The van der Waals surface area contributed by atoms with Crippen LogP contribution in [0.2, 0.25) is 0 Å². The molecule has 11 heteroatoms. The van der Waals surface area contributed by atoms with Crippen LogP contribution in [0.5, 0.6) is 0 Å². The fourth-order valence-corrected chi connectivity index (χ4v) is 2.26. The zero-order chi connectivity index (χ0) is 26.6. The standard InChI is InChI=1S/C9H8N4.C8H6N2.C6H3BrN2.C2H5NO/c1-2-7-3-4-8(10-5-7)9-11-6-12-13-9;1-2-7-3-4-8(5-9)10-6-7;7-5-1-2-6(3-8)9-4-5;3-1-2-4/h2-6H,1H2,(H,11,12,13);2-4,6H,1H2;1-2,4H;2H,1,3H2. The Morgan fingerprint density at radius 2 is 1.44 bits per heavy atom. The molecule has 0 aliphatic carbocycles. The molecule has 0 aliphatic rings. The monoisotopic (exact) mass is 543 g/mol. The Balaban J connectivity index is 0.000000256. The molecule has 0 amide bonds. The lowest BCUT2D eigenvalue weighted by Crippen LogP contribution is -1.97. The summed E-state index contributed by atoms with van der Waals surface area (Å²) in [6.07, 6.45) is 10.5. The molecule has 0 unspecified atom stereocenters. The summed E-state index contributed by atoms with van der Waals surface area (Å²) in [5.74, 6) is 0.676. The summed E-state index contributed by atoms with van der Waals surface area (Å²) < 4.78 is 0.890. The van der Waals surface area contributed by atoms with Gasteiger partial charge in [0.05, 0.1) is 0 Å². The molecule has 4 heterocycles. The smallest absolute Gasteiger partial charge is 0.174 e. The van der Waals surface area contributed by atoms with Crippen molar-refractivity contribution >= 4 is 34.4 Å². The highest BCUT2D eigenvalue weighted by molar-refractivity contribution is 9.10. The van der Waals surface area contributed by atoms with E-state index < -0.39 is 0 Å². The summed E-state index contributed by atoms with van der Waals surface area (Å²) in [5.41, 5.74) is 8.24. The first-order valence-electron chi connectivity index (χ1n) is 10.1. The highest BCUT2D eigenvalue weighted by Gasteiger charge is 2.00. The average Bonchev–Trinajstić information content (AvgIpc) is 3.50. The van der Waals surface area contributed by atoms with Crippen LogP contribution in [-0.2, 0) is 4.79 Å². The molecular formula is C25H22BrN9O. The van der Waals surface area contributed by atoms with Crippen molar-refractivity contribution in [3.8, 4) is 23.7 Å². The van der Waals surface area contributed by atoms with Crippen LogP contribution in [0.15, 0.2) is 78.9 Å². The van der Waals surface area contributed by atoms with Gasteiger partial charge in [0.2, 0.25) is 0 Å². The number of carbonyl (C=O) groups excluding carboxylic acids is 1. The van der Waals surface area contributed by atoms with Crippen molar-refractivity contribution in [2.45, 2.75) is 0 Å². The Hall–Kier alpha value is -4.84. The number of rotatable bonds is 4. The van der Waals surface area contributed by atoms with Crippen LogP contribution in [0, 0.1) is 22.7 Å². The lowest BCUT2D eigenvalue weighted by atomic mass is 10.2. The summed E-state index contributed by atoms with van der Waals surface area (Å²) in [6.45, 7) is 7.35. The van der Waals surface area contributed by atoms with Crippen LogP contribution in [0.1, 0.15) is 22.5 Å². The number of nitriles is 2. The number of aromatic nitrogens is 6. The van der Waals surface area contributed by atoms with Gasteiger partial charge in [-0.3, -0.25) is 10.1 Å². The summed E-state index contributed by atoms with van der Waals surface area (Å²) in [7, 11) is 0. The lowest BCUT2D eigenvalue weighted by molar-refractivity contribution is -0.106. The Kier molecular flexibility index (Phi) is 14.3. The average molecular weight is 544 g/mol. The van der Waals surface area contributed by atoms with E-state index in [0.717, 1.165) is 21.3 Å². The van der Waals surface area contributed by atoms with E-state index in [0.29, 0.717) is 23.5 Å². The number of nitrogens with zero attached hydrogens (tertiary/aromatic N) is 7. The number of hydrogen-bond acceptors (Lipinski definition) is 9. The molecule has 0 aliphatic heterocycles. The predicted molar refractivity (Wildman–Crippen MR) is 141 cm³/mol. The largest absolute Gasteiger partial charge is 0.324 e. The molecule has 180 valence electrons. The summed E-state index contributed by atoms with van der Waals surface area (Å²) in [4.78, 5) is 24.8. The first kappa shape index (κ1) is 29.2. The minimum atomic E-state index is 0.139. The second kappa shape index (κ2) is 17.6. The molecule has 0 fully saturated rings. The third kappa shape index (κ3) is 11.3. The van der Waals surface area contributed by atoms with Gasteiger partial charge in [0, 0.05) is 29.6 Å². The fourth-order valence-electron chi connectivity index (χ4n) is 2.03. The van der Waals surface area contributed by atoms with Crippen LogP contribution < -0.4 is 5.73 Å². The normalized spacial score (nSPS) is 8.67. The van der Waals surface area contributed by atoms with Gasteiger partial charge in [0.15, 0.2) is 5.82 Å². The molecule has 4 aromatic heterocycles. The molecule has 36 heavy (non-hydrogen) atoms. The zero-order valence-corrected chi connectivity index (χ0v) is 20.7. The van der Waals surface area contributed by atoms with Crippen molar-refractivity contribution < 1.29 is 4.79 Å². The van der Waals surface area contributed by atoms with Gasteiger partial charge in [-0.2, -0.15) is 15.6 Å². The van der Waals surface area contributed by atoms with Gasteiger partial charge >= 0.3 is 0 Å². The summed E-state index contributed by atoms with van der Waals surface area (Å²) in [6, 6.07) is 14.6. The Labute approximate surface area is 217 Å². The van der Waals surface area contributed by atoms with Gasteiger partial charge in [-0.25, -0.2) is 15.0 Å². The second-order valence-electron chi connectivity index (χ2n) is 6.18. The number of pyridine rings is 3. The van der Waals surface area contributed by atoms with Crippen LogP contribution in [0.3, 0.4) is 0 Å². The number of hydrogen-bond donors (Lipinski definition) is 2. The third-order valence-corrected chi connectivity index (χ3v) is 4.22. The van der Waals surface area contributed by atoms with E-state index in [1.165, 1.54) is 6.33 Å². The molecule has 0 saturated heterocycles. The number of aromatic amines is 1. The molecule has 0 spiro atoms. The van der Waals surface area contributed by atoms with E-state index in [-0.39, 0.29) is 6.54 Å². The van der Waals surface area contributed by atoms with E-state index >= 15 is 0 Å². The van der Waals surface area contributed by atoms with Crippen molar-refractivity contribution in [2.24, 2.45) is 5.73 Å². The van der Waals surface area contributed by atoms with Crippen LogP contribution in [0.25, 0.3) is 23.7 Å². The van der Waals surface area contributed by atoms with Crippen molar-refractivity contribution in [3.63, 3.8) is 0 Å². The minimum Gasteiger partial charge on any atom is -0.324 e. The van der Waals surface area contributed by atoms with Crippen molar-refractivity contribution in [2.75, 3.05) is 6.54 Å². The highest BCUT2D eigenvalue weighted by Crippen LogP contribution is 2.10. The maximum Gasteiger partial charge on any atom is 0.174 e. The topological polar surface area (TPSA) is 171 Å². The maximum atomic E-state index is 9.05. The minimum absolute atomic E-state index is 0.139. The van der Waals surface area contributed by atoms with Crippen molar-refractivity contribution in [3.05, 3.63) is 101 Å². The van der Waals surface area contributed by atoms with Crippen molar-refractivity contribution in [1.82, 2.24) is 30.1 Å². The maximum absolute atomic E-state index is 9.05. The molecule has 0 radical (unpaired) electrons. The quantitative estimate of drug-likeness (QED) is 0.361. The SMILES string of the molecule is C=Cc1ccc(-c2ncn[nH]2)nc1.C=Cc1ccc(C#N)nc1.N#Cc1ccc(Br)cn1.NCC=O. The van der Waals surface area contributed by atoms with Crippen LogP contribution in [0.4, 0.5) is 0 Å². The lowest BCUT2D eigenvalue weighted by Gasteiger charge is -1.95. The summed E-state index contributed by atoms with van der Waals surface area (Å²) >= 11 is 3.20. The number of carbonyl (C=O) groups is 1. The van der Waals surface area contributed by atoms with Gasteiger partial charge in [-0.1, -0.05) is 37.4 Å². The fraction of sp³-hybridized carbons (Fsp3) is 0.0400. The van der Waals surface area contributed by atoms with E-state index in [2.05, 4.69) is 65.0 Å². The molecular weight excluding hydrogens is 522 g/mol. The van der Waals surface area contributed by atoms with Gasteiger partial charge < -0.3 is 10.5 Å². The number of halogens is 1. The zero-order valence-electron chi connectivity index (χ0n) is 19.1. The molecule has 4 aromatic rings. The number of nitrogens with one attached hydrogen (secondary N) is 1. The predicted octanol–water partition coefficient (Wildman–Crippen LogP) is 3.97. The van der Waals surface area contributed by atoms with Crippen LogP contribution >= 0.6 is 15.9 Å². The molecule has 0 bridgehead atoms. The first-order chi connectivity index (χ1) is 17.5. The van der Waals surface area contributed by atoms with E-state index in [1.807, 2.05) is 24.3 Å². The highest BCUT2D eigenvalue weighted by atomic mass is 79.9. The Bertz CT molecular complexity index is 1270. The first-order valence-corrected chi connectivity index (χ1v) is 10.9. The molecule has 0 atom stereocenters. The summed E-state index contributed by atoms with van der Waals surface area (Å²) in [5, 5.41) is 23.1. The third-order valence-electron chi connectivity index (χ3n) is 3.75. The van der Waals surface area contributed by atoms with Gasteiger partial charge in [-0.15, -0.1) is 0 Å². The molecule has 3 N–H and O–H groups in total. The Morgan fingerprint density at radius 1 is 0.889 bits per heavy atom. The molecule has 0 aromatic carbocycles. The van der Waals surface area contributed by atoms with Gasteiger partial charge in [0.25, 0.3) is 0 Å².